The van der Waals surface area contributed by atoms with Gasteiger partial charge in [0.1, 0.15) is 0 Å². The van der Waals surface area contributed by atoms with E-state index >= 15 is 0 Å². The molecule has 2 nitrogen and oxygen atoms in total. The van der Waals surface area contributed by atoms with Gasteiger partial charge >= 0.3 is 0 Å². The van der Waals surface area contributed by atoms with Crippen LogP contribution in [-0.4, -0.2) is 6.61 Å². The van der Waals surface area contributed by atoms with Crippen LogP contribution in [0.5, 0.6) is 0 Å². The monoisotopic (exact) mass is 255 g/mol. The van der Waals surface area contributed by atoms with Gasteiger partial charge in [-0.2, -0.15) is 0 Å². The van der Waals surface area contributed by atoms with Gasteiger partial charge in [0, 0.05) is 6.61 Å². The Morgan fingerprint density at radius 2 is 1.94 bits per heavy atom. The highest BCUT2D eigenvalue weighted by molar-refractivity contribution is 6.33. The average Bonchev–Trinajstić information content (AvgIpc) is 2.32. The molecule has 0 aliphatic rings. The Morgan fingerprint density at radius 3 is 2.65 bits per heavy atom. The van der Waals surface area contributed by atoms with E-state index in [2.05, 4.69) is 6.92 Å². The van der Waals surface area contributed by atoms with Crippen LogP contribution >= 0.6 is 11.6 Å². The summed E-state index contributed by atoms with van der Waals surface area (Å²) < 4.78 is 5.60. The summed E-state index contributed by atoms with van der Waals surface area (Å²) in [6, 6.07) is 5.64. The Hall–Kier alpha value is -0.730. The molecule has 0 heterocycles. The van der Waals surface area contributed by atoms with Crippen molar-refractivity contribution in [1.29, 1.82) is 0 Å². The molecule has 0 saturated heterocycles. The molecule has 1 aromatic carbocycles. The molecule has 1 aromatic rings. The first-order valence-corrected chi connectivity index (χ1v) is 6.73. The molecule has 0 atom stereocenters. The van der Waals surface area contributed by atoms with Crippen LogP contribution in [0.1, 0.15) is 44.6 Å². The molecule has 0 aliphatic carbocycles. The molecule has 0 amide bonds. The minimum Gasteiger partial charge on any atom is -0.398 e. The predicted octanol–water partition coefficient (Wildman–Crippen LogP) is 4.41. The molecule has 0 fully saturated rings. The zero-order valence-electron chi connectivity index (χ0n) is 10.5. The molecule has 0 spiro atoms. The van der Waals surface area contributed by atoms with Crippen molar-refractivity contribution in [2.75, 3.05) is 12.3 Å². The fourth-order valence-corrected chi connectivity index (χ4v) is 1.80. The summed E-state index contributed by atoms with van der Waals surface area (Å²) >= 11 is 5.85. The molecule has 0 bridgehead atoms. The van der Waals surface area contributed by atoms with Crippen molar-refractivity contribution in [1.82, 2.24) is 0 Å². The van der Waals surface area contributed by atoms with Crippen LogP contribution < -0.4 is 5.73 Å². The first kappa shape index (κ1) is 14.3. The van der Waals surface area contributed by atoms with E-state index in [0.29, 0.717) is 17.3 Å². The van der Waals surface area contributed by atoms with Crippen molar-refractivity contribution >= 4 is 17.3 Å². The van der Waals surface area contributed by atoms with Crippen molar-refractivity contribution in [2.24, 2.45) is 0 Å². The zero-order valence-corrected chi connectivity index (χ0v) is 11.3. The number of benzene rings is 1. The van der Waals surface area contributed by atoms with Gasteiger partial charge in [-0.3, -0.25) is 0 Å². The molecular weight excluding hydrogens is 234 g/mol. The lowest BCUT2D eigenvalue weighted by Crippen LogP contribution is -1.97. The number of halogens is 1. The third-order valence-electron chi connectivity index (χ3n) is 2.72. The van der Waals surface area contributed by atoms with E-state index in [4.69, 9.17) is 22.1 Å². The summed E-state index contributed by atoms with van der Waals surface area (Å²) in [6.07, 6.45) is 6.33. The lowest BCUT2D eigenvalue weighted by molar-refractivity contribution is 0.117. The molecule has 2 N–H and O–H groups in total. The highest BCUT2D eigenvalue weighted by Gasteiger charge is 1.98. The number of nitrogen functional groups attached to an aromatic ring is 1. The van der Waals surface area contributed by atoms with Crippen molar-refractivity contribution in [3.8, 4) is 0 Å². The van der Waals surface area contributed by atoms with Gasteiger partial charge in [-0.05, 0) is 24.1 Å². The van der Waals surface area contributed by atoms with Crippen LogP contribution in [0.3, 0.4) is 0 Å². The van der Waals surface area contributed by atoms with Crippen LogP contribution in [0.15, 0.2) is 18.2 Å². The molecule has 0 aromatic heterocycles. The second-order valence-electron chi connectivity index (χ2n) is 4.32. The van der Waals surface area contributed by atoms with Crippen LogP contribution in [0.2, 0.25) is 5.02 Å². The van der Waals surface area contributed by atoms with E-state index in [9.17, 15) is 0 Å². The molecule has 17 heavy (non-hydrogen) atoms. The Kier molecular flexibility index (Phi) is 7.06. The molecule has 0 aliphatic heterocycles. The Labute approximate surface area is 109 Å². The van der Waals surface area contributed by atoms with Gasteiger partial charge in [-0.1, -0.05) is 50.3 Å². The smallest absolute Gasteiger partial charge is 0.0717 e. The summed E-state index contributed by atoms with van der Waals surface area (Å²) in [4.78, 5) is 0. The first-order valence-electron chi connectivity index (χ1n) is 6.35. The van der Waals surface area contributed by atoms with Gasteiger partial charge in [0.2, 0.25) is 0 Å². The minimum atomic E-state index is 0.605. The topological polar surface area (TPSA) is 35.2 Å². The fourth-order valence-electron chi connectivity index (χ4n) is 1.68. The number of anilines is 1. The van der Waals surface area contributed by atoms with E-state index in [1.165, 1.54) is 25.7 Å². The first-order chi connectivity index (χ1) is 8.24. The van der Waals surface area contributed by atoms with Gasteiger partial charge in [-0.15, -0.1) is 0 Å². The van der Waals surface area contributed by atoms with Gasteiger partial charge in [0.05, 0.1) is 17.3 Å². The highest BCUT2D eigenvalue weighted by Crippen LogP contribution is 2.19. The lowest BCUT2D eigenvalue weighted by Gasteiger charge is -2.06. The fraction of sp³-hybridized carbons (Fsp3) is 0.571. The third-order valence-corrected chi connectivity index (χ3v) is 3.07. The van der Waals surface area contributed by atoms with Crippen LogP contribution in [0.25, 0.3) is 0 Å². The molecule has 1 rings (SSSR count). The molecule has 0 radical (unpaired) electrons. The number of hydrogen-bond donors (Lipinski definition) is 1. The number of nitrogens with two attached hydrogens (primary N) is 1. The van der Waals surface area contributed by atoms with E-state index < -0.39 is 0 Å². The SMILES string of the molecule is CCCCCCCOCc1ccc(Cl)c(N)c1. The molecule has 3 heteroatoms. The van der Waals surface area contributed by atoms with Crippen LogP contribution in [0, 0.1) is 0 Å². The maximum Gasteiger partial charge on any atom is 0.0717 e. The average molecular weight is 256 g/mol. The lowest BCUT2D eigenvalue weighted by atomic mass is 10.2. The number of unbranched alkanes of at least 4 members (excludes halogenated alkanes) is 4. The quantitative estimate of drug-likeness (QED) is 0.552. The Morgan fingerprint density at radius 1 is 1.18 bits per heavy atom. The van der Waals surface area contributed by atoms with E-state index in [1.807, 2.05) is 18.2 Å². The van der Waals surface area contributed by atoms with E-state index in [0.717, 1.165) is 18.6 Å². The van der Waals surface area contributed by atoms with Gasteiger partial charge in [0.15, 0.2) is 0 Å². The molecule has 0 unspecified atom stereocenters. The van der Waals surface area contributed by atoms with Crippen molar-refractivity contribution in [3.05, 3.63) is 28.8 Å². The molecule has 0 saturated carbocycles. The van der Waals surface area contributed by atoms with Crippen molar-refractivity contribution in [2.45, 2.75) is 45.6 Å². The molecule has 96 valence electrons. The number of hydrogen-bond acceptors (Lipinski definition) is 2. The van der Waals surface area contributed by atoms with Crippen molar-refractivity contribution in [3.63, 3.8) is 0 Å². The zero-order chi connectivity index (χ0) is 12.5. The van der Waals surface area contributed by atoms with Gasteiger partial charge in [0.25, 0.3) is 0 Å². The van der Waals surface area contributed by atoms with Crippen LogP contribution in [0.4, 0.5) is 5.69 Å². The second kappa shape index (κ2) is 8.37. The van der Waals surface area contributed by atoms with Crippen molar-refractivity contribution < 1.29 is 4.74 Å². The minimum absolute atomic E-state index is 0.605. The Bertz CT molecular complexity index is 328. The summed E-state index contributed by atoms with van der Waals surface area (Å²) in [6.45, 7) is 3.67. The molecular formula is C14H22ClNO. The number of rotatable bonds is 8. The van der Waals surface area contributed by atoms with E-state index in [-0.39, 0.29) is 0 Å². The number of ether oxygens (including phenoxy) is 1. The maximum absolute atomic E-state index is 5.85. The third kappa shape index (κ3) is 5.94. The predicted molar refractivity (Wildman–Crippen MR) is 74.3 cm³/mol. The Balaban J connectivity index is 2.11. The summed E-state index contributed by atoms with van der Waals surface area (Å²) in [5.41, 5.74) is 7.42. The normalized spacial score (nSPS) is 10.7. The van der Waals surface area contributed by atoms with Crippen LogP contribution in [-0.2, 0) is 11.3 Å². The summed E-state index contributed by atoms with van der Waals surface area (Å²) in [5, 5.41) is 0.605. The van der Waals surface area contributed by atoms with E-state index in [1.54, 1.807) is 0 Å². The second-order valence-corrected chi connectivity index (χ2v) is 4.73. The van der Waals surface area contributed by atoms with Gasteiger partial charge in [-0.25, -0.2) is 0 Å². The summed E-state index contributed by atoms with van der Waals surface area (Å²) in [5.74, 6) is 0. The largest absolute Gasteiger partial charge is 0.398 e. The summed E-state index contributed by atoms with van der Waals surface area (Å²) in [7, 11) is 0. The highest BCUT2D eigenvalue weighted by atomic mass is 35.5. The van der Waals surface area contributed by atoms with Gasteiger partial charge < -0.3 is 10.5 Å². The maximum atomic E-state index is 5.85. The standard InChI is InChI=1S/C14H22ClNO/c1-2-3-4-5-6-9-17-11-12-7-8-13(15)14(16)10-12/h7-8,10H,2-6,9,11,16H2,1H3.